The lowest BCUT2D eigenvalue weighted by atomic mass is 9.79. The zero-order valence-electron chi connectivity index (χ0n) is 10.7. The van der Waals surface area contributed by atoms with Crippen LogP contribution in [0.4, 0.5) is 14.5 Å². The number of hydrogen-bond donors (Lipinski definition) is 2. The van der Waals surface area contributed by atoms with Crippen molar-refractivity contribution in [1.82, 2.24) is 0 Å². The van der Waals surface area contributed by atoms with Crippen molar-refractivity contribution < 1.29 is 18.4 Å². The molecule has 0 saturated heterocycles. The average molecular weight is 288 g/mol. The third-order valence-corrected chi connectivity index (χ3v) is 3.50. The Bertz CT molecular complexity index is 759. The van der Waals surface area contributed by atoms with Crippen LogP contribution in [0.3, 0.4) is 0 Å². The number of nitrogens with two attached hydrogens (primary N) is 1. The van der Waals surface area contributed by atoms with E-state index >= 15 is 0 Å². The summed E-state index contributed by atoms with van der Waals surface area (Å²) >= 11 is 0. The van der Waals surface area contributed by atoms with E-state index in [1.807, 2.05) is 0 Å². The molecule has 106 valence electrons. The first-order valence-electron chi connectivity index (χ1n) is 6.14. The topological polar surface area (TPSA) is 72.2 Å². The minimum atomic E-state index is -2.08. The van der Waals surface area contributed by atoms with Gasteiger partial charge in [0.25, 0.3) is 5.91 Å². The molecular weight excluding hydrogens is 278 g/mol. The number of hydrogen-bond acceptors (Lipinski definition) is 3. The smallest absolute Gasteiger partial charge is 0.257 e. The molecule has 1 amide bonds. The van der Waals surface area contributed by atoms with Gasteiger partial charge in [0.2, 0.25) is 5.78 Å². The molecular formula is C15H10F2N2O2. The monoisotopic (exact) mass is 288 g/mol. The molecule has 0 aromatic heterocycles. The highest BCUT2D eigenvalue weighted by molar-refractivity contribution is 6.27. The summed E-state index contributed by atoms with van der Waals surface area (Å²) < 4.78 is 26.9. The SMILES string of the molecule is NC1(c2ccc(F)cc2)C(=O)Nc2cccc(F)c2C1=O. The quantitative estimate of drug-likeness (QED) is 0.788. The van der Waals surface area contributed by atoms with E-state index in [2.05, 4.69) is 5.32 Å². The number of carbonyl (C=O) groups excluding carboxylic acids is 2. The van der Waals surface area contributed by atoms with E-state index in [1.165, 1.54) is 24.3 Å². The van der Waals surface area contributed by atoms with E-state index < -0.39 is 28.9 Å². The maximum absolute atomic E-state index is 13.9. The van der Waals surface area contributed by atoms with Crippen molar-refractivity contribution in [3.05, 3.63) is 65.2 Å². The largest absolute Gasteiger partial charge is 0.323 e. The molecule has 0 bridgehead atoms. The molecule has 2 aromatic rings. The first kappa shape index (κ1) is 13.4. The number of Topliss-reactive ketones (excluding diaryl/α,β-unsaturated/α-hetero) is 1. The Balaban J connectivity index is 2.20. The van der Waals surface area contributed by atoms with E-state index in [1.54, 1.807) is 0 Å². The van der Waals surface area contributed by atoms with Gasteiger partial charge in [-0.25, -0.2) is 8.78 Å². The maximum atomic E-state index is 13.9. The summed E-state index contributed by atoms with van der Waals surface area (Å²) in [5, 5.41) is 2.42. The zero-order valence-corrected chi connectivity index (χ0v) is 10.7. The Morgan fingerprint density at radius 2 is 1.67 bits per heavy atom. The van der Waals surface area contributed by atoms with Crippen LogP contribution in [-0.4, -0.2) is 11.7 Å². The molecule has 1 heterocycles. The van der Waals surface area contributed by atoms with Gasteiger partial charge in [-0.05, 0) is 29.8 Å². The van der Waals surface area contributed by atoms with Crippen molar-refractivity contribution >= 4 is 17.4 Å². The minimum Gasteiger partial charge on any atom is -0.323 e. The first-order valence-corrected chi connectivity index (χ1v) is 6.14. The molecule has 1 aliphatic heterocycles. The fraction of sp³-hybridized carbons (Fsp3) is 0.0667. The second-order valence-electron chi connectivity index (χ2n) is 4.76. The number of anilines is 1. The molecule has 3 N–H and O–H groups in total. The third-order valence-electron chi connectivity index (χ3n) is 3.50. The van der Waals surface area contributed by atoms with Crippen LogP contribution in [0.2, 0.25) is 0 Å². The van der Waals surface area contributed by atoms with E-state index in [0.29, 0.717) is 0 Å². The van der Waals surface area contributed by atoms with Crippen molar-refractivity contribution in [2.24, 2.45) is 5.73 Å². The van der Waals surface area contributed by atoms with E-state index in [9.17, 15) is 18.4 Å². The number of rotatable bonds is 1. The summed E-state index contributed by atoms with van der Waals surface area (Å²) in [6.45, 7) is 0. The number of fused-ring (bicyclic) bond motifs is 1. The third kappa shape index (κ3) is 1.84. The number of carbonyl (C=O) groups is 2. The predicted octanol–water partition coefficient (Wildman–Crippen LogP) is 1.95. The van der Waals surface area contributed by atoms with Crippen LogP contribution in [-0.2, 0) is 10.3 Å². The van der Waals surface area contributed by atoms with E-state index in [4.69, 9.17) is 5.73 Å². The molecule has 1 unspecified atom stereocenters. The molecule has 0 radical (unpaired) electrons. The Morgan fingerprint density at radius 3 is 2.33 bits per heavy atom. The summed E-state index contributed by atoms with van der Waals surface area (Å²) in [5.74, 6) is -2.93. The fourth-order valence-corrected chi connectivity index (χ4v) is 2.36. The van der Waals surface area contributed by atoms with Gasteiger partial charge in [0.1, 0.15) is 11.6 Å². The second kappa shape index (κ2) is 4.46. The minimum absolute atomic E-state index is 0.0770. The lowest BCUT2D eigenvalue weighted by molar-refractivity contribution is -0.120. The maximum Gasteiger partial charge on any atom is 0.257 e. The molecule has 2 aromatic carbocycles. The number of benzene rings is 2. The normalized spacial score (nSPS) is 20.9. The van der Waals surface area contributed by atoms with E-state index in [-0.39, 0.29) is 16.8 Å². The molecule has 6 heteroatoms. The van der Waals surface area contributed by atoms with Crippen LogP contribution in [0.25, 0.3) is 0 Å². The van der Waals surface area contributed by atoms with E-state index in [0.717, 1.165) is 18.2 Å². The van der Waals surface area contributed by atoms with Crippen molar-refractivity contribution in [3.8, 4) is 0 Å². The van der Waals surface area contributed by atoms with Gasteiger partial charge in [-0.2, -0.15) is 0 Å². The molecule has 0 fully saturated rings. The van der Waals surface area contributed by atoms with Gasteiger partial charge in [-0.1, -0.05) is 18.2 Å². The Hall–Kier alpha value is -2.60. The summed E-state index contributed by atoms with van der Waals surface area (Å²) in [7, 11) is 0. The summed E-state index contributed by atoms with van der Waals surface area (Å²) in [4.78, 5) is 24.7. The Kier molecular flexibility index (Phi) is 2.84. The Morgan fingerprint density at radius 1 is 1.00 bits per heavy atom. The highest BCUT2D eigenvalue weighted by Crippen LogP contribution is 2.34. The van der Waals surface area contributed by atoms with Gasteiger partial charge in [0.15, 0.2) is 5.54 Å². The highest BCUT2D eigenvalue weighted by atomic mass is 19.1. The average Bonchev–Trinajstić information content (AvgIpc) is 2.45. The molecule has 4 nitrogen and oxygen atoms in total. The second-order valence-corrected chi connectivity index (χ2v) is 4.76. The summed E-state index contributed by atoms with van der Waals surface area (Å²) in [5.41, 5.74) is 3.77. The van der Waals surface area contributed by atoms with Gasteiger partial charge in [0.05, 0.1) is 11.3 Å². The van der Waals surface area contributed by atoms with Crippen LogP contribution in [0, 0.1) is 11.6 Å². The standard InChI is InChI=1S/C15H10F2N2O2/c16-9-6-4-8(5-7-9)15(18)13(20)12-10(17)2-1-3-11(12)19-14(15)21/h1-7H,18H2,(H,19,21). The number of ketones is 1. The van der Waals surface area contributed by atoms with Crippen molar-refractivity contribution in [3.63, 3.8) is 0 Å². The van der Waals surface area contributed by atoms with Crippen LogP contribution in [0.1, 0.15) is 15.9 Å². The molecule has 0 aliphatic carbocycles. The summed E-state index contributed by atoms with van der Waals surface area (Å²) in [6, 6.07) is 8.54. The molecule has 0 saturated carbocycles. The van der Waals surface area contributed by atoms with Crippen LogP contribution in [0.15, 0.2) is 42.5 Å². The van der Waals surface area contributed by atoms with Crippen LogP contribution >= 0.6 is 0 Å². The van der Waals surface area contributed by atoms with Gasteiger partial charge in [-0.3, -0.25) is 9.59 Å². The van der Waals surface area contributed by atoms with Crippen LogP contribution in [0.5, 0.6) is 0 Å². The fourth-order valence-electron chi connectivity index (χ4n) is 2.36. The molecule has 1 aliphatic rings. The lowest BCUT2D eigenvalue weighted by Crippen LogP contribution is -2.57. The summed E-state index contributed by atoms with van der Waals surface area (Å²) in [6.07, 6.45) is 0. The number of nitrogens with one attached hydrogen (secondary N) is 1. The Labute approximate surface area is 118 Å². The molecule has 0 spiro atoms. The molecule has 21 heavy (non-hydrogen) atoms. The van der Waals surface area contributed by atoms with Crippen LogP contribution < -0.4 is 11.1 Å². The van der Waals surface area contributed by atoms with Crippen molar-refractivity contribution in [1.29, 1.82) is 0 Å². The number of halogens is 2. The first-order chi connectivity index (χ1) is 9.94. The lowest BCUT2D eigenvalue weighted by Gasteiger charge is -2.32. The molecule has 1 atom stereocenters. The number of amides is 1. The molecule has 3 rings (SSSR count). The van der Waals surface area contributed by atoms with Gasteiger partial charge >= 0.3 is 0 Å². The zero-order chi connectivity index (χ0) is 15.2. The van der Waals surface area contributed by atoms with Gasteiger partial charge < -0.3 is 11.1 Å². The van der Waals surface area contributed by atoms with Gasteiger partial charge in [-0.15, -0.1) is 0 Å². The highest BCUT2D eigenvalue weighted by Gasteiger charge is 2.49. The van der Waals surface area contributed by atoms with Gasteiger partial charge in [0, 0.05) is 0 Å². The van der Waals surface area contributed by atoms with Crippen molar-refractivity contribution in [2.45, 2.75) is 5.54 Å². The van der Waals surface area contributed by atoms with Crippen molar-refractivity contribution in [2.75, 3.05) is 5.32 Å². The predicted molar refractivity (Wildman–Crippen MR) is 71.6 cm³/mol.